The van der Waals surface area contributed by atoms with Crippen LogP contribution in [-0.2, 0) is 4.79 Å². The van der Waals surface area contributed by atoms with Crippen LogP contribution in [0.25, 0.3) is 21.3 Å². The number of thiazole rings is 1. The standard InChI is InChI=1S/C20H15FN4OS/c1-2-10-3-5-15(23)13(9-22)18(10)11-4-6-16-17(7-11)27-20(24-16)25-19(26)12-8-14(12)21/h1,3-7,9,12,14,22H,8,23H2,(H,24,25,26)/t12?,14-/m0/s1. The van der Waals surface area contributed by atoms with E-state index in [4.69, 9.17) is 17.6 Å². The number of nitrogen functional groups attached to an aromatic ring is 1. The van der Waals surface area contributed by atoms with Gasteiger partial charge in [-0.25, -0.2) is 9.37 Å². The molecule has 1 aromatic heterocycles. The summed E-state index contributed by atoms with van der Waals surface area (Å²) in [6, 6.07) is 9.02. The third kappa shape index (κ3) is 3.04. The van der Waals surface area contributed by atoms with Crippen molar-refractivity contribution in [1.82, 2.24) is 4.98 Å². The number of nitrogens with one attached hydrogen (secondary N) is 2. The van der Waals surface area contributed by atoms with E-state index in [0.717, 1.165) is 10.3 Å². The fourth-order valence-corrected chi connectivity index (χ4v) is 3.90. The summed E-state index contributed by atoms with van der Waals surface area (Å²) in [5.74, 6) is 1.74. The maximum Gasteiger partial charge on any atom is 0.232 e. The number of anilines is 2. The first-order chi connectivity index (χ1) is 13.0. The molecule has 0 spiro atoms. The number of amides is 1. The number of nitrogens with two attached hydrogens (primary N) is 1. The van der Waals surface area contributed by atoms with Crippen LogP contribution in [-0.4, -0.2) is 23.3 Å². The second-order valence-electron chi connectivity index (χ2n) is 6.33. The number of hydrogen-bond donors (Lipinski definition) is 3. The van der Waals surface area contributed by atoms with Gasteiger partial charge in [-0.15, -0.1) is 6.42 Å². The lowest BCUT2D eigenvalue weighted by Gasteiger charge is -2.11. The molecule has 0 saturated heterocycles. The van der Waals surface area contributed by atoms with Crippen LogP contribution in [0.2, 0.25) is 0 Å². The van der Waals surface area contributed by atoms with Gasteiger partial charge in [0, 0.05) is 28.6 Å². The molecule has 5 nitrogen and oxygen atoms in total. The monoisotopic (exact) mass is 378 g/mol. The van der Waals surface area contributed by atoms with Gasteiger partial charge in [0.25, 0.3) is 0 Å². The highest BCUT2D eigenvalue weighted by Gasteiger charge is 2.43. The Kier molecular flexibility index (Phi) is 4.13. The molecule has 4 rings (SSSR count). The summed E-state index contributed by atoms with van der Waals surface area (Å²) in [6.45, 7) is 0. The molecule has 1 saturated carbocycles. The molecule has 0 aliphatic heterocycles. The fraction of sp³-hybridized carbons (Fsp3) is 0.150. The van der Waals surface area contributed by atoms with Gasteiger partial charge < -0.3 is 16.5 Å². The zero-order valence-electron chi connectivity index (χ0n) is 14.1. The number of carbonyl (C=O) groups is 1. The molecule has 27 heavy (non-hydrogen) atoms. The van der Waals surface area contributed by atoms with Gasteiger partial charge in [-0.05, 0) is 36.2 Å². The van der Waals surface area contributed by atoms with E-state index in [0.29, 0.717) is 33.0 Å². The van der Waals surface area contributed by atoms with Crippen molar-refractivity contribution in [3.05, 3.63) is 41.5 Å². The fourth-order valence-electron chi connectivity index (χ4n) is 2.99. The first kappa shape index (κ1) is 17.2. The van der Waals surface area contributed by atoms with Gasteiger partial charge in [0.1, 0.15) is 6.17 Å². The molecular weight excluding hydrogens is 363 g/mol. The lowest BCUT2D eigenvalue weighted by Crippen LogP contribution is -2.14. The maximum atomic E-state index is 13.0. The third-order valence-electron chi connectivity index (χ3n) is 4.54. The molecule has 1 aliphatic carbocycles. The molecule has 1 aliphatic rings. The van der Waals surface area contributed by atoms with E-state index >= 15 is 0 Å². The average Bonchev–Trinajstić information content (AvgIpc) is 3.26. The second kappa shape index (κ2) is 6.49. The Balaban J connectivity index is 1.74. The van der Waals surface area contributed by atoms with Crippen molar-refractivity contribution < 1.29 is 9.18 Å². The van der Waals surface area contributed by atoms with E-state index in [1.54, 1.807) is 12.1 Å². The highest BCUT2D eigenvalue weighted by atomic mass is 32.1. The number of terminal acetylenes is 1. The van der Waals surface area contributed by atoms with E-state index < -0.39 is 12.1 Å². The summed E-state index contributed by atoms with van der Waals surface area (Å²) in [6.07, 6.45) is 6.05. The molecule has 0 radical (unpaired) electrons. The molecule has 1 unspecified atom stereocenters. The van der Waals surface area contributed by atoms with Crippen LogP contribution in [0.3, 0.4) is 0 Å². The Bertz CT molecular complexity index is 1130. The minimum absolute atomic E-state index is 0.275. The molecule has 2 atom stereocenters. The number of alkyl halides is 1. The molecule has 1 amide bonds. The van der Waals surface area contributed by atoms with E-state index in [2.05, 4.69) is 16.2 Å². The smallest absolute Gasteiger partial charge is 0.232 e. The number of aromatic nitrogens is 1. The molecule has 1 fully saturated rings. The van der Waals surface area contributed by atoms with Crippen molar-refractivity contribution in [3.8, 4) is 23.5 Å². The highest BCUT2D eigenvalue weighted by molar-refractivity contribution is 7.22. The highest BCUT2D eigenvalue weighted by Crippen LogP contribution is 2.37. The summed E-state index contributed by atoms with van der Waals surface area (Å²) in [5.41, 5.74) is 9.92. The quantitative estimate of drug-likeness (QED) is 0.366. The van der Waals surface area contributed by atoms with Gasteiger partial charge in [-0.3, -0.25) is 4.79 Å². The molecular formula is C20H15FN4OS. The number of halogens is 1. The third-order valence-corrected chi connectivity index (χ3v) is 5.47. The SMILES string of the molecule is C#Cc1ccc(N)c(C=N)c1-c1ccc2nc(NC(=O)C3C[C@@H]3F)sc2c1. The van der Waals surface area contributed by atoms with Gasteiger partial charge >= 0.3 is 0 Å². The second-order valence-corrected chi connectivity index (χ2v) is 7.36. The van der Waals surface area contributed by atoms with Crippen molar-refractivity contribution in [2.75, 3.05) is 11.1 Å². The Hall–Kier alpha value is -3.24. The predicted molar refractivity (Wildman–Crippen MR) is 107 cm³/mol. The first-order valence-corrected chi connectivity index (χ1v) is 9.09. The molecule has 4 N–H and O–H groups in total. The minimum Gasteiger partial charge on any atom is -0.398 e. The largest absolute Gasteiger partial charge is 0.398 e. The lowest BCUT2D eigenvalue weighted by atomic mass is 9.93. The molecule has 0 bridgehead atoms. The maximum absolute atomic E-state index is 13.0. The summed E-state index contributed by atoms with van der Waals surface area (Å²) in [7, 11) is 0. The Labute approximate surface area is 158 Å². The van der Waals surface area contributed by atoms with E-state index in [9.17, 15) is 9.18 Å². The number of fused-ring (bicyclic) bond motifs is 1. The predicted octanol–water partition coefficient (Wildman–Crippen LogP) is 3.82. The van der Waals surface area contributed by atoms with Crippen molar-refractivity contribution in [2.24, 2.45) is 5.92 Å². The van der Waals surface area contributed by atoms with Gasteiger partial charge in [0.15, 0.2) is 5.13 Å². The zero-order chi connectivity index (χ0) is 19.1. The Morgan fingerprint density at radius 3 is 2.89 bits per heavy atom. The van der Waals surface area contributed by atoms with Gasteiger partial charge in [0.05, 0.1) is 16.1 Å². The van der Waals surface area contributed by atoms with E-state index in [1.807, 2.05) is 18.2 Å². The molecule has 7 heteroatoms. The summed E-state index contributed by atoms with van der Waals surface area (Å²) in [5, 5.41) is 10.8. The van der Waals surface area contributed by atoms with Crippen molar-refractivity contribution in [2.45, 2.75) is 12.6 Å². The van der Waals surface area contributed by atoms with Crippen molar-refractivity contribution >= 4 is 44.5 Å². The Morgan fingerprint density at radius 2 is 2.22 bits per heavy atom. The number of benzene rings is 2. The lowest BCUT2D eigenvalue weighted by molar-refractivity contribution is -0.117. The van der Waals surface area contributed by atoms with E-state index in [1.165, 1.54) is 17.6 Å². The Morgan fingerprint density at radius 1 is 1.44 bits per heavy atom. The number of carbonyl (C=O) groups excluding carboxylic acids is 1. The van der Waals surface area contributed by atoms with E-state index in [-0.39, 0.29) is 12.3 Å². The van der Waals surface area contributed by atoms with Crippen LogP contribution in [0.1, 0.15) is 17.5 Å². The number of hydrogen-bond acceptors (Lipinski definition) is 5. The number of rotatable bonds is 4. The normalized spacial score (nSPS) is 18.1. The molecule has 134 valence electrons. The summed E-state index contributed by atoms with van der Waals surface area (Å²) >= 11 is 1.31. The molecule has 3 aromatic rings. The van der Waals surface area contributed by atoms with Crippen LogP contribution in [0.5, 0.6) is 0 Å². The zero-order valence-corrected chi connectivity index (χ0v) is 14.9. The number of nitrogens with zero attached hydrogens (tertiary/aromatic N) is 1. The van der Waals surface area contributed by atoms with Crippen LogP contribution in [0.15, 0.2) is 30.3 Å². The van der Waals surface area contributed by atoms with Crippen LogP contribution in [0.4, 0.5) is 15.2 Å². The molecule has 1 heterocycles. The molecule has 2 aromatic carbocycles. The van der Waals surface area contributed by atoms with Crippen LogP contribution in [0, 0.1) is 23.7 Å². The van der Waals surface area contributed by atoms with Gasteiger partial charge in [-0.2, -0.15) is 0 Å². The topological polar surface area (TPSA) is 91.9 Å². The van der Waals surface area contributed by atoms with Gasteiger partial charge in [0.2, 0.25) is 5.91 Å². The van der Waals surface area contributed by atoms with Gasteiger partial charge in [-0.1, -0.05) is 23.3 Å². The van der Waals surface area contributed by atoms with Crippen molar-refractivity contribution in [1.29, 1.82) is 5.41 Å². The summed E-state index contributed by atoms with van der Waals surface area (Å²) < 4.78 is 13.9. The first-order valence-electron chi connectivity index (χ1n) is 8.27. The summed E-state index contributed by atoms with van der Waals surface area (Å²) in [4.78, 5) is 16.3. The van der Waals surface area contributed by atoms with Crippen LogP contribution >= 0.6 is 11.3 Å². The minimum atomic E-state index is -1.05. The van der Waals surface area contributed by atoms with Crippen LogP contribution < -0.4 is 11.1 Å². The van der Waals surface area contributed by atoms with Crippen molar-refractivity contribution in [3.63, 3.8) is 0 Å². The average molecular weight is 378 g/mol.